The number of halogens is 1. The van der Waals surface area contributed by atoms with E-state index in [4.69, 9.17) is 11.6 Å². The number of hydrogen-bond donors (Lipinski definition) is 2. The van der Waals surface area contributed by atoms with Gasteiger partial charge >= 0.3 is 6.03 Å². The maximum absolute atomic E-state index is 12.4. The van der Waals surface area contributed by atoms with Crippen molar-refractivity contribution in [2.45, 2.75) is 50.5 Å². The summed E-state index contributed by atoms with van der Waals surface area (Å²) in [7, 11) is -3.37. The van der Waals surface area contributed by atoms with Gasteiger partial charge in [-0.05, 0) is 50.0 Å². The van der Waals surface area contributed by atoms with Crippen LogP contribution in [0.25, 0.3) is 0 Å². The SMILES string of the molecule is CCC(CC)[C@@H](CNC(=O)Nc1cc(S(C)(=O)=O)ccc1Cl)N1CCCC1. The van der Waals surface area contributed by atoms with E-state index in [-0.39, 0.29) is 16.6 Å². The van der Waals surface area contributed by atoms with E-state index >= 15 is 0 Å². The Morgan fingerprint density at radius 3 is 2.41 bits per heavy atom. The molecule has 0 radical (unpaired) electrons. The Hall–Kier alpha value is -1.31. The van der Waals surface area contributed by atoms with Crippen LogP contribution in [0.3, 0.4) is 0 Å². The molecule has 1 atom stereocenters. The van der Waals surface area contributed by atoms with Crippen LogP contribution >= 0.6 is 11.6 Å². The van der Waals surface area contributed by atoms with Crippen molar-refractivity contribution in [3.8, 4) is 0 Å². The molecule has 1 fully saturated rings. The van der Waals surface area contributed by atoms with Crippen LogP contribution in [0, 0.1) is 5.92 Å². The minimum Gasteiger partial charge on any atom is -0.336 e. The largest absolute Gasteiger partial charge is 0.336 e. The van der Waals surface area contributed by atoms with E-state index in [1.807, 2.05) is 0 Å². The van der Waals surface area contributed by atoms with Gasteiger partial charge in [0.2, 0.25) is 0 Å². The molecule has 2 amide bonds. The number of carbonyl (C=O) groups is 1. The third-order valence-corrected chi connectivity index (χ3v) is 6.73. The van der Waals surface area contributed by atoms with Gasteiger partial charge in [0, 0.05) is 18.8 Å². The molecule has 2 N–H and O–H groups in total. The summed E-state index contributed by atoms with van der Waals surface area (Å²) in [5.41, 5.74) is 0.289. The van der Waals surface area contributed by atoms with Crippen molar-refractivity contribution >= 4 is 33.2 Å². The predicted molar refractivity (Wildman–Crippen MR) is 110 cm³/mol. The Morgan fingerprint density at radius 1 is 1.22 bits per heavy atom. The molecule has 1 aromatic rings. The fourth-order valence-corrected chi connectivity index (χ4v) is 4.51. The molecule has 0 aromatic heterocycles. The number of sulfone groups is 1. The average molecular weight is 416 g/mol. The number of carbonyl (C=O) groups excluding carboxylic acids is 1. The summed E-state index contributed by atoms with van der Waals surface area (Å²) in [6, 6.07) is 4.22. The molecule has 1 saturated heterocycles. The maximum Gasteiger partial charge on any atom is 0.319 e. The van der Waals surface area contributed by atoms with Crippen molar-refractivity contribution in [3.05, 3.63) is 23.2 Å². The fraction of sp³-hybridized carbons (Fsp3) is 0.632. The van der Waals surface area contributed by atoms with Crippen molar-refractivity contribution in [1.82, 2.24) is 10.2 Å². The Balaban J connectivity index is 2.03. The lowest BCUT2D eigenvalue weighted by Gasteiger charge is -2.33. The first kappa shape index (κ1) is 22.0. The van der Waals surface area contributed by atoms with E-state index in [2.05, 4.69) is 29.4 Å². The normalized spacial score (nSPS) is 16.5. The van der Waals surface area contributed by atoms with Crippen LogP contribution in [0.2, 0.25) is 5.02 Å². The summed E-state index contributed by atoms with van der Waals surface area (Å²) in [6.07, 6.45) is 5.68. The lowest BCUT2D eigenvalue weighted by atomic mass is 9.93. The van der Waals surface area contributed by atoms with E-state index in [1.165, 1.54) is 31.0 Å². The van der Waals surface area contributed by atoms with E-state index in [0.29, 0.717) is 23.5 Å². The third-order valence-electron chi connectivity index (χ3n) is 5.29. The summed E-state index contributed by atoms with van der Waals surface area (Å²) >= 11 is 6.11. The smallest absolute Gasteiger partial charge is 0.319 e. The van der Waals surface area contributed by atoms with Crippen molar-refractivity contribution in [3.63, 3.8) is 0 Å². The van der Waals surface area contributed by atoms with Crippen LogP contribution < -0.4 is 10.6 Å². The molecule has 1 aliphatic rings. The van der Waals surface area contributed by atoms with Crippen molar-refractivity contribution in [2.24, 2.45) is 5.92 Å². The molecule has 0 saturated carbocycles. The quantitative estimate of drug-likeness (QED) is 0.677. The van der Waals surface area contributed by atoms with Crippen LogP contribution in [0.15, 0.2) is 23.1 Å². The summed E-state index contributed by atoms with van der Waals surface area (Å²) in [4.78, 5) is 15.0. The molecule has 6 nitrogen and oxygen atoms in total. The van der Waals surface area contributed by atoms with Crippen molar-refractivity contribution in [2.75, 3.05) is 31.2 Å². The number of nitrogens with one attached hydrogen (secondary N) is 2. The molecule has 2 rings (SSSR count). The molecule has 27 heavy (non-hydrogen) atoms. The summed E-state index contributed by atoms with van der Waals surface area (Å²) in [5.74, 6) is 0.528. The number of likely N-dealkylation sites (tertiary alicyclic amines) is 1. The predicted octanol–water partition coefficient (Wildman–Crippen LogP) is 3.77. The number of nitrogens with zero attached hydrogens (tertiary/aromatic N) is 1. The molecule has 1 heterocycles. The highest BCUT2D eigenvalue weighted by atomic mass is 35.5. The minimum atomic E-state index is -3.37. The van der Waals surface area contributed by atoms with E-state index in [1.54, 1.807) is 0 Å². The van der Waals surface area contributed by atoms with Gasteiger partial charge in [-0.3, -0.25) is 4.90 Å². The topological polar surface area (TPSA) is 78.5 Å². The zero-order valence-corrected chi connectivity index (χ0v) is 17.9. The van der Waals surface area contributed by atoms with Crippen LogP contribution in [-0.4, -0.2) is 51.3 Å². The van der Waals surface area contributed by atoms with Crippen LogP contribution in [0.5, 0.6) is 0 Å². The Labute approximate surface area is 167 Å². The van der Waals surface area contributed by atoms with Gasteiger partial charge in [0.05, 0.1) is 15.6 Å². The lowest BCUT2D eigenvalue weighted by Crippen LogP contribution is -2.47. The second-order valence-electron chi connectivity index (χ2n) is 7.14. The molecule has 152 valence electrons. The summed E-state index contributed by atoms with van der Waals surface area (Å²) < 4.78 is 23.4. The van der Waals surface area contributed by atoms with Gasteiger partial charge in [0.15, 0.2) is 9.84 Å². The van der Waals surface area contributed by atoms with Gasteiger partial charge < -0.3 is 10.6 Å². The second-order valence-corrected chi connectivity index (χ2v) is 9.56. The first-order chi connectivity index (χ1) is 12.8. The standard InChI is InChI=1S/C19H30ClN3O3S/c1-4-14(5-2)18(23-10-6-7-11-23)13-21-19(24)22-17-12-15(27(3,25)26)8-9-16(17)20/h8-9,12,14,18H,4-7,10-11,13H2,1-3H3,(H2,21,22,24)/t18-/m1/s1. The molecular weight excluding hydrogens is 386 g/mol. The second kappa shape index (κ2) is 9.75. The van der Waals surface area contributed by atoms with Gasteiger partial charge in [-0.2, -0.15) is 0 Å². The molecule has 1 aliphatic heterocycles. The Bertz CT molecular complexity index is 743. The van der Waals surface area contributed by atoms with Gasteiger partial charge in [0.1, 0.15) is 0 Å². The van der Waals surface area contributed by atoms with Crippen molar-refractivity contribution < 1.29 is 13.2 Å². The van der Waals surface area contributed by atoms with E-state index in [9.17, 15) is 13.2 Å². The summed E-state index contributed by atoms with van der Waals surface area (Å²) in [6.45, 7) is 7.09. The van der Waals surface area contributed by atoms with Crippen molar-refractivity contribution in [1.29, 1.82) is 0 Å². The maximum atomic E-state index is 12.4. The first-order valence-corrected chi connectivity index (χ1v) is 11.8. The monoisotopic (exact) mass is 415 g/mol. The van der Waals surface area contributed by atoms with Crippen LogP contribution in [0.4, 0.5) is 10.5 Å². The average Bonchev–Trinajstić information content (AvgIpc) is 3.13. The minimum absolute atomic E-state index is 0.120. The van der Waals surface area contributed by atoms with E-state index in [0.717, 1.165) is 32.2 Å². The third kappa shape index (κ3) is 6.09. The Kier molecular flexibility index (Phi) is 7.94. The van der Waals surface area contributed by atoms with Gasteiger partial charge in [-0.25, -0.2) is 13.2 Å². The number of rotatable bonds is 8. The molecule has 0 unspecified atom stereocenters. The number of urea groups is 1. The molecule has 0 bridgehead atoms. The lowest BCUT2D eigenvalue weighted by molar-refractivity contribution is 0.163. The number of benzene rings is 1. The number of amides is 2. The molecule has 8 heteroatoms. The molecule has 0 spiro atoms. The number of hydrogen-bond acceptors (Lipinski definition) is 4. The zero-order valence-electron chi connectivity index (χ0n) is 16.3. The van der Waals surface area contributed by atoms with E-state index < -0.39 is 9.84 Å². The van der Waals surface area contributed by atoms with Crippen LogP contribution in [0.1, 0.15) is 39.5 Å². The fourth-order valence-electron chi connectivity index (χ4n) is 3.69. The highest BCUT2D eigenvalue weighted by molar-refractivity contribution is 7.90. The zero-order chi connectivity index (χ0) is 20.0. The highest BCUT2D eigenvalue weighted by Gasteiger charge is 2.27. The number of anilines is 1. The van der Waals surface area contributed by atoms with Gasteiger partial charge in [-0.1, -0.05) is 38.3 Å². The van der Waals surface area contributed by atoms with Gasteiger partial charge in [-0.15, -0.1) is 0 Å². The first-order valence-electron chi connectivity index (χ1n) is 9.54. The molecule has 1 aromatic carbocycles. The molecule has 0 aliphatic carbocycles. The summed E-state index contributed by atoms with van der Waals surface area (Å²) in [5, 5.41) is 5.92. The highest BCUT2D eigenvalue weighted by Crippen LogP contribution is 2.26. The molecular formula is C19H30ClN3O3S. The Morgan fingerprint density at radius 2 is 1.85 bits per heavy atom. The van der Waals surface area contributed by atoms with Gasteiger partial charge in [0.25, 0.3) is 0 Å². The van der Waals surface area contributed by atoms with Crippen LogP contribution in [-0.2, 0) is 9.84 Å².